The lowest BCUT2D eigenvalue weighted by Gasteiger charge is -2.41. The predicted molar refractivity (Wildman–Crippen MR) is 361 cm³/mol. The normalized spacial score (nSPS) is 19.2. The first-order valence-electron chi connectivity index (χ1n) is 34.5. The number of ether oxygens (including phenoxy) is 3. The van der Waals surface area contributed by atoms with E-state index in [9.17, 15) is 35.1 Å². The minimum Gasteiger partial charge on any atom is -0.454 e. The van der Waals surface area contributed by atoms with Gasteiger partial charge in [-0.15, -0.1) is 0 Å². The van der Waals surface area contributed by atoms with Gasteiger partial charge in [0.25, 0.3) is 0 Å². The fourth-order valence-electron chi connectivity index (χ4n) is 9.87. The molecule has 1 rings (SSSR count). The van der Waals surface area contributed by atoms with Crippen molar-refractivity contribution in [3.8, 4) is 0 Å². The van der Waals surface area contributed by atoms with Crippen molar-refractivity contribution in [2.45, 2.75) is 314 Å². The van der Waals surface area contributed by atoms with Crippen LogP contribution in [-0.2, 0) is 23.8 Å². The molecule has 11 heteroatoms. The third-order valence-corrected chi connectivity index (χ3v) is 15.3. The van der Waals surface area contributed by atoms with Crippen LogP contribution in [0.5, 0.6) is 0 Å². The molecule has 86 heavy (non-hydrogen) atoms. The van der Waals surface area contributed by atoms with Gasteiger partial charge in [-0.3, -0.25) is 9.59 Å². The second-order valence-corrected chi connectivity index (χ2v) is 23.2. The molecule has 0 saturated carbocycles. The number of aliphatic hydroxyl groups excluding tert-OH is 5. The monoisotopic (exact) mass is 1200 g/mol. The third-order valence-electron chi connectivity index (χ3n) is 15.3. The Hall–Kier alpha value is -4.20. The number of allylic oxidation sites excluding steroid dienone is 21. The number of hydrogen-bond donors (Lipinski definition) is 6. The van der Waals surface area contributed by atoms with Crippen molar-refractivity contribution in [1.82, 2.24) is 5.32 Å². The SMILES string of the molecule is CC/C=C\C/C=C\C/C=C\C/C=C\C/C=C\C/C=C\CCCCC(=O)OC1C(OCC(NC(=O)C(O)CCCCCCCCCC/C=C\C/C=C\C/C=C\C/C=C\CCCCC)C(O)/C=C/CCCCCCCCCCCC)OC(CO)C(O)C1O. The molecule has 1 fully saturated rings. The van der Waals surface area contributed by atoms with E-state index in [1.54, 1.807) is 6.08 Å². The van der Waals surface area contributed by atoms with Crippen LogP contribution in [0, 0.1) is 0 Å². The fraction of sp³-hybridized carbons (Fsp3) is 0.680. The number of carbonyl (C=O) groups excluding carboxylic acids is 2. The molecule has 8 atom stereocenters. The smallest absolute Gasteiger partial charge is 0.306 e. The molecule has 0 bridgehead atoms. The van der Waals surface area contributed by atoms with Crippen molar-refractivity contribution in [2.24, 2.45) is 0 Å². The summed E-state index contributed by atoms with van der Waals surface area (Å²) in [7, 11) is 0. The number of unbranched alkanes of at least 4 members (excludes halogenated alkanes) is 23. The Morgan fingerprint density at radius 3 is 1.28 bits per heavy atom. The van der Waals surface area contributed by atoms with E-state index in [4.69, 9.17) is 14.2 Å². The molecule has 490 valence electrons. The standard InChI is InChI=1S/C75H125NO10/c1-4-7-10-13-16-19-22-25-27-29-31-33-34-35-37-38-40-42-44-47-50-53-56-59-62-68(79)74(83)76-66(67(78)61-58-55-52-49-46-24-21-18-15-12-9-6-3)65-84-75-73(72(82)71(81)69(64-77)85-75)86-70(80)63-60-57-54-51-48-45-43-41-39-36-32-30-28-26-23-20-17-14-11-8-5-2/h8,11,16-17,19-20,25-28,31-33,35-37,41,43,48,51,58,61,66-69,71-73,75,77-79,81-82H,4-7,9-10,12-15,18,21-24,29-30,34,38-40,42,44-47,49-50,52-57,59-60,62-65H2,1-3H3,(H,76,83)/b11-8-,19-16-,20-17-,27-25-,28-26-,33-31-,36-32-,37-35-,43-41-,51-48-,61-58+. The van der Waals surface area contributed by atoms with Gasteiger partial charge in [0, 0.05) is 6.42 Å². The van der Waals surface area contributed by atoms with E-state index in [1.165, 1.54) is 89.9 Å². The molecule has 0 radical (unpaired) electrons. The molecule has 1 amide bonds. The molecule has 0 aromatic rings. The van der Waals surface area contributed by atoms with Gasteiger partial charge in [-0.1, -0.05) is 270 Å². The molecule has 0 aliphatic carbocycles. The van der Waals surface area contributed by atoms with E-state index in [-0.39, 0.29) is 19.4 Å². The number of amides is 1. The van der Waals surface area contributed by atoms with Crippen molar-refractivity contribution in [2.75, 3.05) is 13.2 Å². The maximum absolute atomic E-state index is 13.5. The van der Waals surface area contributed by atoms with Gasteiger partial charge >= 0.3 is 5.97 Å². The summed E-state index contributed by atoms with van der Waals surface area (Å²) >= 11 is 0. The topological polar surface area (TPSA) is 175 Å². The first kappa shape index (κ1) is 79.8. The second kappa shape index (κ2) is 61.1. The largest absolute Gasteiger partial charge is 0.454 e. The van der Waals surface area contributed by atoms with Gasteiger partial charge in [-0.25, -0.2) is 0 Å². The summed E-state index contributed by atoms with van der Waals surface area (Å²) in [6.07, 6.45) is 76.2. The average Bonchev–Trinajstić information content (AvgIpc) is 3.38. The first-order valence-corrected chi connectivity index (χ1v) is 34.5. The van der Waals surface area contributed by atoms with Gasteiger partial charge < -0.3 is 45.1 Å². The molecule has 1 saturated heterocycles. The molecule has 0 spiro atoms. The highest BCUT2D eigenvalue weighted by atomic mass is 16.7. The number of nitrogens with one attached hydrogen (secondary N) is 1. The van der Waals surface area contributed by atoms with E-state index in [1.807, 2.05) is 6.08 Å². The van der Waals surface area contributed by atoms with Gasteiger partial charge in [0.15, 0.2) is 12.4 Å². The third kappa shape index (κ3) is 47.8. The quantitative estimate of drug-likeness (QED) is 0.0195. The first-order chi connectivity index (χ1) is 42.2. The van der Waals surface area contributed by atoms with Crippen LogP contribution in [0.25, 0.3) is 0 Å². The summed E-state index contributed by atoms with van der Waals surface area (Å²) in [5.41, 5.74) is 0. The molecule has 1 aliphatic heterocycles. The molecule has 1 heterocycles. The van der Waals surface area contributed by atoms with Gasteiger partial charge in [0.05, 0.1) is 25.4 Å². The van der Waals surface area contributed by atoms with Crippen LogP contribution in [0.1, 0.15) is 265 Å². The van der Waals surface area contributed by atoms with E-state index < -0.39 is 67.4 Å². The Kier molecular flexibility index (Phi) is 56.7. The molecule has 0 aromatic heterocycles. The number of esters is 1. The summed E-state index contributed by atoms with van der Waals surface area (Å²) in [5, 5.41) is 57.2. The van der Waals surface area contributed by atoms with Crippen molar-refractivity contribution in [3.63, 3.8) is 0 Å². The minimum absolute atomic E-state index is 0.0605. The molecular formula is C75H125NO10. The van der Waals surface area contributed by atoms with Crippen LogP contribution in [0.15, 0.2) is 134 Å². The van der Waals surface area contributed by atoms with Gasteiger partial charge in [0.1, 0.15) is 24.4 Å². The Bertz CT molecular complexity index is 1910. The van der Waals surface area contributed by atoms with Crippen LogP contribution < -0.4 is 5.32 Å². The van der Waals surface area contributed by atoms with Crippen molar-refractivity contribution in [1.29, 1.82) is 0 Å². The zero-order valence-electron chi connectivity index (χ0n) is 54.4. The second-order valence-electron chi connectivity index (χ2n) is 23.2. The maximum Gasteiger partial charge on any atom is 0.306 e. The highest BCUT2D eigenvalue weighted by Gasteiger charge is 2.47. The summed E-state index contributed by atoms with van der Waals surface area (Å²) in [6, 6.07) is -1.05. The highest BCUT2D eigenvalue weighted by molar-refractivity contribution is 5.80. The molecule has 8 unspecified atom stereocenters. The molecular weight excluding hydrogens is 1070 g/mol. The van der Waals surface area contributed by atoms with E-state index in [2.05, 4.69) is 148 Å². The van der Waals surface area contributed by atoms with Crippen LogP contribution in [-0.4, -0.2) is 99.6 Å². The van der Waals surface area contributed by atoms with Crippen molar-refractivity contribution in [3.05, 3.63) is 134 Å². The number of hydrogen-bond acceptors (Lipinski definition) is 10. The Morgan fingerprint density at radius 1 is 0.465 bits per heavy atom. The van der Waals surface area contributed by atoms with Crippen LogP contribution in [0.4, 0.5) is 0 Å². The number of rotatable bonds is 57. The number of carbonyl (C=O) groups is 2. The molecule has 6 N–H and O–H groups in total. The lowest BCUT2D eigenvalue weighted by atomic mass is 9.99. The van der Waals surface area contributed by atoms with Crippen molar-refractivity contribution >= 4 is 11.9 Å². The average molecular weight is 1200 g/mol. The van der Waals surface area contributed by atoms with E-state index in [0.29, 0.717) is 12.8 Å². The van der Waals surface area contributed by atoms with Gasteiger partial charge in [-0.05, 0) is 122 Å². The zero-order valence-corrected chi connectivity index (χ0v) is 54.4. The van der Waals surface area contributed by atoms with Gasteiger partial charge in [-0.2, -0.15) is 0 Å². The van der Waals surface area contributed by atoms with Crippen LogP contribution >= 0.6 is 0 Å². The summed E-state index contributed by atoms with van der Waals surface area (Å²) in [6.45, 7) is 5.62. The lowest BCUT2D eigenvalue weighted by molar-refractivity contribution is -0.305. The molecule has 11 nitrogen and oxygen atoms in total. The Balaban J connectivity index is 2.65. The maximum atomic E-state index is 13.5. The lowest BCUT2D eigenvalue weighted by Crippen LogP contribution is -2.61. The molecule has 0 aromatic carbocycles. The van der Waals surface area contributed by atoms with Crippen molar-refractivity contribution < 1.29 is 49.3 Å². The Morgan fingerprint density at radius 2 is 0.837 bits per heavy atom. The fourth-order valence-corrected chi connectivity index (χ4v) is 9.87. The molecule has 1 aliphatic rings. The summed E-state index contributed by atoms with van der Waals surface area (Å²) < 4.78 is 17.6. The zero-order chi connectivity index (χ0) is 62.4. The summed E-state index contributed by atoms with van der Waals surface area (Å²) in [5.74, 6) is -1.25. The minimum atomic E-state index is -1.64. The van der Waals surface area contributed by atoms with E-state index >= 15 is 0 Å². The van der Waals surface area contributed by atoms with Crippen LogP contribution in [0.2, 0.25) is 0 Å². The highest BCUT2D eigenvalue weighted by Crippen LogP contribution is 2.26. The predicted octanol–water partition coefficient (Wildman–Crippen LogP) is 17.6. The van der Waals surface area contributed by atoms with Crippen LogP contribution in [0.3, 0.4) is 0 Å². The number of aliphatic hydroxyl groups is 5. The van der Waals surface area contributed by atoms with Gasteiger partial charge in [0.2, 0.25) is 5.91 Å². The van der Waals surface area contributed by atoms with E-state index in [0.717, 1.165) is 128 Å². The summed E-state index contributed by atoms with van der Waals surface area (Å²) in [4.78, 5) is 26.6. The Labute approximate surface area is 524 Å².